The highest BCUT2D eigenvalue weighted by molar-refractivity contribution is 5.80. The second-order valence-corrected chi connectivity index (χ2v) is 3.15. The van der Waals surface area contributed by atoms with E-state index in [1.165, 1.54) is 0 Å². The van der Waals surface area contributed by atoms with Gasteiger partial charge in [-0.1, -0.05) is 0 Å². The van der Waals surface area contributed by atoms with E-state index in [1.54, 1.807) is 0 Å². The number of piperidine rings is 1. The molecule has 1 amide bonds. The molecule has 0 spiro atoms. The van der Waals surface area contributed by atoms with Crippen LogP contribution in [0.25, 0.3) is 0 Å². The summed E-state index contributed by atoms with van der Waals surface area (Å²) in [5.41, 5.74) is 0. The molecular weight excluding hydrogens is 140 g/mol. The third-order valence-corrected chi connectivity index (χ3v) is 2.08. The molecule has 0 unspecified atom stereocenters. The van der Waals surface area contributed by atoms with E-state index in [0.29, 0.717) is 6.04 Å². The van der Waals surface area contributed by atoms with E-state index in [4.69, 9.17) is 0 Å². The van der Waals surface area contributed by atoms with E-state index in [1.807, 2.05) is 0 Å². The van der Waals surface area contributed by atoms with Gasteiger partial charge in [0.25, 0.3) is 0 Å². The Morgan fingerprint density at radius 3 is 2.55 bits per heavy atom. The Hall–Kier alpha value is -0.570. The Morgan fingerprint density at radius 1 is 1.55 bits per heavy atom. The van der Waals surface area contributed by atoms with E-state index < -0.39 is 0 Å². The lowest BCUT2D eigenvalue weighted by molar-refractivity contribution is -0.117. The van der Waals surface area contributed by atoms with Crippen molar-refractivity contribution in [2.45, 2.75) is 18.9 Å². The van der Waals surface area contributed by atoms with Crippen LogP contribution in [0.3, 0.4) is 0 Å². The van der Waals surface area contributed by atoms with Gasteiger partial charge in [-0.2, -0.15) is 0 Å². The third kappa shape index (κ3) is 2.89. The molecule has 0 saturated carbocycles. The summed E-state index contributed by atoms with van der Waals surface area (Å²) in [7, 11) is 2.10. The second-order valence-electron chi connectivity index (χ2n) is 3.15. The second kappa shape index (κ2) is 3.72. The molecular formula is C8H15N2O. The molecule has 1 aliphatic heterocycles. The molecule has 1 aliphatic rings. The van der Waals surface area contributed by atoms with Gasteiger partial charge in [0.15, 0.2) is 0 Å². The number of amides is 1. The van der Waals surface area contributed by atoms with Crippen molar-refractivity contribution < 1.29 is 4.79 Å². The third-order valence-electron chi connectivity index (χ3n) is 2.08. The molecule has 1 radical (unpaired) electrons. The lowest BCUT2D eigenvalue weighted by Gasteiger charge is -2.28. The Kier molecular flexibility index (Phi) is 2.88. The summed E-state index contributed by atoms with van der Waals surface area (Å²) in [6, 6.07) is 0.358. The van der Waals surface area contributed by atoms with Crippen LogP contribution in [0.2, 0.25) is 0 Å². The van der Waals surface area contributed by atoms with Crippen molar-refractivity contribution in [2.24, 2.45) is 0 Å². The van der Waals surface area contributed by atoms with Gasteiger partial charge < -0.3 is 10.2 Å². The molecule has 11 heavy (non-hydrogen) atoms. The zero-order valence-electron chi connectivity index (χ0n) is 6.97. The van der Waals surface area contributed by atoms with E-state index >= 15 is 0 Å². The highest BCUT2D eigenvalue weighted by atomic mass is 16.1. The van der Waals surface area contributed by atoms with Crippen LogP contribution in [0.5, 0.6) is 0 Å². The van der Waals surface area contributed by atoms with Crippen molar-refractivity contribution in [3.63, 3.8) is 0 Å². The minimum absolute atomic E-state index is 0.153. The van der Waals surface area contributed by atoms with Crippen molar-refractivity contribution in [1.29, 1.82) is 0 Å². The molecule has 1 heterocycles. The van der Waals surface area contributed by atoms with Crippen LogP contribution in [-0.2, 0) is 4.79 Å². The molecule has 0 aromatic rings. The van der Waals surface area contributed by atoms with E-state index in [0.717, 1.165) is 25.9 Å². The fourth-order valence-electron chi connectivity index (χ4n) is 1.38. The maximum absolute atomic E-state index is 10.6. The molecule has 0 atom stereocenters. The zero-order chi connectivity index (χ0) is 8.27. The van der Waals surface area contributed by atoms with Gasteiger partial charge >= 0.3 is 0 Å². The molecule has 63 valence electrons. The number of rotatable bonds is 1. The van der Waals surface area contributed by atoms with Gasteiger partial charge in [-0.25, -0.2) is 0 Å². The van der Waals surface area contributed by atoms with Crippen LogP contribution in [0.4, 0.5) is 0 Å². The standard InChI is InChI=1S/C8H15N2O/c1-7(11)9-8-3-5-10(2)6-4-8/h8H,1,3-6H2,2H3,(H,9,11). The largest absolute Gasteiger partial charge is 0.353 e. The minimum atomic E-state index is -0.153. The lowest BCUT2D eigenvalue weighted by atomic mass is 10.1. The maximum Gasteiger partial charge on any atom is 0.220 e. The van der Waals surface area contributed by atoms with Crippen molar-refractivity contribution in [1.82, 2.24) is 10.2 Å². The van der Waals surface area contributed by atoms with Gasteiger partial charge in [0.05, 0.1) is 0 Å². The number of nitrogens with zero attached hydrogens (tertiary/aromatic N) is 1. The van der Waals surface area contributed by atoms with Gasteiger partial charge in [-0.05, 0) is 33.0 Å². The van der Waals surface area contributed by atoms with Gasteiger partial charge in [-0.15, -0.1) is 0 Å². The van der Waals surface area contributed by atoms with Gasteiger partial charge in [0.2, 0.25) is 5.91 Å². The van der Waals surface area contributed by atoms with Crippen molar-refractivity contribution >= 4 is 5.91 Å². The number of likely N-dealkylation sites (tertiary alicyclic amines) is 1. The van der Waals surface area contributed by atoms with E-state index in [-0.39, 0.29) is 5.91 Å². The predicted molar refractivity (Wildman–Crippen MR) is 44.0 cm³/mol. The average Bonchev–Trinajstić information content (AvgIpc) is 1.93. The molecule has 1 rings (SSSR count). The molecule has 0 aromatic heterocycles. The quantitative estimate of drug-likeness (QED) is 0.579. The fourth-order valence-corrected chi connectivity index (χ4v) is 1.38. The Balaban J connectivity index is 2.22. The summed E-state index contributed by atoms with van der Waals surface area (Å²) < 4.78 is 0. The molecule has 0 aliphatic carbocycles. The van der Waals surface area contributed by atoms with E-state index in [2.05, 4.69) is 24.2 Å². The Morgan fingerprint density at radius 2 is 2.09 bits per heavy atom. The number of carbonyl (C=O) groups excluding carboxylic acids is 1. The molecule has 0 bridgehead atoms. The summed E-state index contributed by atoms with van der Waals surface area (Å²) in [5, 5.41) is 2.83. The number of nitrogens with one attached hydrogen (secondary N) is 1. The predicted octanol–water partition coefficient (Wildman–Crippen LogP) is 0.0309. The summed E-state index contributed by atoms with van der Waals surface area (Å²) in [6.45, 7) is 5.44. The van der Waals surface area contributed by atoms with Gasteiger partial charge in [-0.3, -0.25) is 4.79 Å². The molecule has 3 heteroatoms. The van der Waals surface area contributed by atoms with Crippen molar-refractivity contribution in [3.05, 3.63) is 6.92 Å². The SMILES string of the molecule is [CH2]C(=O)NC1CCN(C)CC1. The van der Waals surface area contributed by atoms with E-state index in [9.17, 15) is 4.79 Å². The van der Waals surface area contributed by atoms with Crippen LogP contribution >= 0.6 is 0 Å². The normalized spacial score (nSPS) is 21.6. The van der Waals surface area contributed by atoms with Crippen LogP contribution in [0, 0.1) is 6.92 Å². The van der Waals surface area contributed by atoms with Crippen LogP contribution in [-0.4, -0.2) is 37.0 Å². The number of hydrogen-bond acceptors (Lipinski definition) is 2. The molecule has 1 N–H and O–H groups in total. The van der Waals surface area contributed by atoms with Crippen LogP contribution in [0.1, 0.15) is 12.8 Å². The summed E-state index contributed by atoms with van der Waals surface area (Å²) in [5.74, 6) is -0.153. The van der Waals surface area contributed by atoms with Crippen LogP contribution < -0.4 is 5.32 Å². The topological polar surface area (TPSA) is 32.3 Å². The van der Waals surface area contributed by atoms with Gasteiger partial charge in [0.1, 0.15) is 0 Å². The first-order valence-electron chi connectivity index (χ1n) is 3.99. The maximum atomic E-state index is 10.6. The first kappa shape index (κ1) is 8.53. The summed E-state index contributed by atoms with van der Waals surface area (Å²) in [4.78, 5) is 12.8. The first-order chi connectivity index (χ1) is 5.18. The van der Waals surface area contributed by atoms with Crippen molar-refractivity contribution in [3.8, 4) is 0 Å². The summed E-state index contributed by atoms with van der Waals surface area (Å²) >= 11 is 0. The zero-order valence-corrected chi connectivity index (χ0v) is 6.97. The molecule has 1 fully saturated rings. The highest BCUT2D eigenvalue weighted by Crippen LogP contribution is 2.07. The van der Waals surface area contributed by atoms with Gasteiger partial charge in [0, 0.05) is 13.0 Å². The highest BCUT2D eigenvalue weighted by Gasteiger charge is 2.16. The monoisotopic (exact) mass is 155 g/mol. The Bertz CT molecular complexity index is 139. The lowest BCUT2D eigenvalue weighted by Crippen LogP contribution is -2.42. The Labute approximate surface area is 67.8 Å². The molecule has 0 aromatic carbocycles. The van der Waals surface area contributed by atoms with Crippen molar-refractivity contribution in [2.75, 3.05) is 20.1 Å². The molecule has 3 nitrogen and oxygen atoms in total. The molecule has 1 saturated heterocycles. The number of carbonyl (C=O) groups is 1. The van der Waals surface area contributed by atoms with Crippen LogP contribution in [0.15, 0.2) is 0 Å². The smallest absolute Gasteiger partial charge is 0.220 e. The number of hydrogen-bond donors (Lipinski definition) is 1. The average molecular weight is 155 g/mol. The fraction of sp³-hybridized carbons (Fsp3) is 0.750. The first-order valence-corrected chi connectivity index (χ1v) is 3.99. The minimum Gasteiger partial charge on any atom is -0.353 e. The summed E-state index contributed by atoms with van der Waals surface area (Å²) in [6.07, 6.45) is 2.11.